The molecule has 2 N–H and O–H groups in total. The molecule has 1 spiro atoms. The molecule has 1 fully saturated rings. The Morgan fingerprint density at radius 3 is 2.54 bits per heavy atom. The maximum Gasteiger partial charge on any atom is 0.248 e. The zero-order chi connectivity index (χ0) is 24.7. The van der Waals surface area contributed by atoms with E-state index in [-0.39, 0.29) is 47.6 Å². The van der Waals surface area contributed by atoms with E-state index in [2.05, 4.69) is 47.2 Å². The number of hydrogen-bond acceptors (Lipinski definition) is 4. The highest BCUT2D eigenvalue weighted by molar-refractivity contribution is 5.96. The Kier molecular flexibility index (Phi) is 6.43. The van der Waals surface area contributed by atoms with Crippen molar-refractivity contribution in [1.82, 2.24) is 15.5 Å². The Labute approximate surface area is 208 Å². The Morgan fingerprint density at radius 1 is 1.14 bits per heavy atom. The molecular formula is C29H37N3O3. The monoisotopic (exact) mass is 475 g/mol. The van der Waals surface area contributed by atoms with Crippen molar-refractivity contribution >= 4 is 17.6 Å². The highest BCUT2D eigenvalue weighted by Crippen LogP contribution is 2.52. The van der Waals surface area contributed by atoms with E-state index in [0.717, 1.165) is 74.7 Å². The van der Waals surface area contributed by atoms with E-state index in [1.54, 1.807) is 0 Å². The standard InChI is InChI=1S/C29H37N3O3/c1-18-19(2)27(31-28(35)23-10-5-4-8-21(18)23)32-14-12-29(13-15-32)16-24(26(34)17-30-20(3)33)22-9-6-7-11-25(22)29/h6-7,9,11,19,24,27H,1,4-5,8,10,12-17H2,2-3H3,(H,30,33)(H,31,35)/t19?,24-,27?/m0/s1. The van der Waals surface area contributed by atoms with Crippen molar-refractivity contribution < 1.29 is 14.4 Å². The molecule has 0 aromatic heterocycles. The fourth-order valence-electron chi connectivity index (χ4n) is 6.95. The molecule has 35 heavy (non-hydrogen) atoms. The van der Waals surface area contributed by atoms with Gasteiger partial charge in [0.25, 0.3) is 0 Å². The molecule has 1 saturated heterocycles. The molecule has 6 nitrogen and oxygen atoms in total. The molecule has 2 aliphatic carbocycles. The molecule has 186 valence electrons. The van der Waals surface area contributed by atoms with Crippen LogP contribution >= 0.6 is 0 Å². The minimum Gasteiger partial charge on any atom is -0.349 e. The minimum atomic E-state index is -0.176. The quantitative estimate of drug-likeness (QED) is 0.696. The molecule has 1 aromatic rings. The topological polar surface area (TPSA) is 78.5 Å². The molecule has 0 saturated carbocycles. The zero-order valence-corrected chi connectivity index (χ0v) is 21.0. The number of carbonyl (C=O) groups is 3. The number of allylic oxidation sites excluding steroid dienone is 1. The van der Waals surface area contributed by atoms with Crippen LogP contribution in [0.5, 0.6) is 0 Å². The molecule has 4 aliphatic rings. The number of likely N-dealkylation sites (tertiary alicyclic amines) is 1. The van der Waals surface area contributed by atoms with Gasteiger partial charge in [-0.05, 0) is 72.6 Å². The summed E-state index contributed by atoms with van der Waals surface area (Å²) in [6, 6.07) is 8.35. The van der Waals surface area contributed by atoms with E-state index >= 15 is 0 Å². The average Bonchev–Trinajstić information content (AvgIpc) is 3.15. The molecule has 5 rings (SSSR count). The number of nitrogens with one attached hydrogen (secondary N) is 2. The summed E-state index contributed by atoms with van der Waals surface area (Å²) in [7, 11) is 0. The van der Waals surface area contributed by atoms with Gasteiger partial charge in [-0.25, -0.2) is 0 Å². The van der Waals surface area contributed by atoms with Gasteiger partial charge in [-0.1, -0.05) is 37.8 Å². The van der Waals surface area contributed by atoms with Crippen molar-refractivity contribution in [3.05, 3.63) is 58.7 Å². The van der Waals surface area contributed by atoms with Crippen molar-refractivity contribution in [1.29, 1.82) is 0 Å². The van der Waals surface area contributed by atoms with E-state index in [1.807, 2.05) is 6.07 Å². The first-order chi connectivity index (χ1) is 16.8. The van der Waals surface area contributed by atoms with E-state index in [0.29, 0.717) is 0 Å². The van der Waals surface area contributed by atoms with Gasteiger partial charge >= 0.3 is 0 Å². The molecule has 0 radical (unpaired) electrons. The number of carbonyl (C=O) groups excluding carboxylic acids is 3. The van der Waals surface area contributed by atoms with Crippen molar-refractivity contribution in [2.75, 3.05) is 19.6 Å². The number of ketones is 1. The molecule has 2 heterocycles. The van der Waals surface area contributed by atoms with Gasteiger partial charge in [0.2, 0.25) is 11.8 Å². The lowest BCUT2D eigenvalue weighted by Crippen LogP contribution is -2.55. The van der Waals surface area contributed by atoms with Crippen LogP contribution in [-0.4, -0.2) is 48.3 Å². The van der Waals surface area contributed by atoms with Gasteiger partial charge in [-0.15, -0.1) is 0 Å². The normalized spacial score (nSPS) is 28.2. The third-order valence-corrected chi connectivity index (χ3v) is 8.98. The van der Waals surface area contributed by atoms with Crippen molar-refractivity contribution in [3.63, 3.8) is 0 Å². The van der Waals surface area contributed by atoms with Crippen molar-refractivity contribution in [2.24, 2.45) is 5.92 Å². The van der Waals surface area contributed by atoms with E-state index < -0.39 is 0 Å². The Morgan fingerprint density at radius 2 is 1.83 bits per heavy atom. The molecule has 0 bridgehead atoms. The van der Waals surface area contributed by atoms with Crippen LogP contribution in [0.2, 0.25) is 0 Å². The lowest BCUT2D eigenvalue weighted by atomic mass is 9.72. The van der Waals surface area contributed by atoms with Gasteiger partial charge in [-0.3, -0.25) is 19.3 Å². The van der Waals surface area contributed by atoms with Crippen LogP contribution < -0.4 is 10.6 Å². The van der Waals surface area contributed by atoms with Crippen LogP contribution in [0.25, 0.3) is 0 Å². The lowest BCUT2D eigenvalue weighted by Gasteiger charge is -2.45. The van der Waals surface area contributed by atoms with E-state index in [9.17, 15) is 14.4 Å². The molecule has 3 atom stereocenters. The number of amides is 2. The second-order valence-corrected chi connectivity index (χ2v) is 10.9. The molecule has 2 aliphatic heterocycles. The third kappa shape index (κ3) is 4.26. The fourth-order valence-corrected chi connectivity index (χ4v) is 6.95. The first kappa shape index (κ1) is 24.0. The smallest absolute Gasteiger partial charge is 0.248 e. The number of Topliss-reactive ketones (excluding diaryl/α,β-unsaturated/α-hetero) is 1. The van der Waals surface area contributed by atoms with Gasteiger partial charge in [0.15, 0.2) is 5.78 Å². The highest BCUT2D eigenvalue weighted by atomic mass is 16.2. The Bertz CT molecular complexity index is 1100. The maximum absolute atomic E-state index is 13.1. The number of nitrogens with zero attached hydrogens (tertiary/aromatic N) is 1. The van der Waals surface area contributed by atoms with Crippen LogP contribution in [-0.2, 0) is 19.8 Å². The minimum absolute atomic E-state index is 0.0316. The Balaban J connectivity index is 1.33. The number of rotatable bonds is 4. The van der Waals surface area contributed by atoms with Gasteiger partial charge in [-0.2, -0.15) is 0 Å². The molecular weight excluding hydrogens is 438 g/mol. The summed E-state index contributed by atoms with van der Waals surface area (Å²) in [5, 5.41) is 6.04. The first-order valence-electron chi connectivity index (χ1n) is 13.1. The summed E-state index contributed by atoms with van der Waals surface area (Å²) in [5.74, 6) is -0.00173. The number of fused-ring (bicyclic) bond motifs is 2. The summed E-state index contributed by atoms with van der Waals surface area (Å²) < 4.78 is 0. The summed E-state index contributed by atoms with van der Waals surface area (Å²) in [4.78, 5) is 40.0. The van der Waals surface area contributed by atoms with E-state index in [1.165, 1.54) is 18.1 Å². The van der Waals surface area contributed by atoms with Crippen molar-refractivity contribution in [2.45, 2.75) is 76.3 Å². The van der Waals surface area contributed by atoms with Crippen LogP contribution in [0.3, 0.4) is 0 Å². The summed E-state index contributed by atoms with van der Waals surface area (Å²) in [6.45, 7) is 9.90. The Hall–Kier alpha value is -2.73. The third-order valence-electron chi connectivity index (χ3n) is 8.98. The largest absolute Gasteiger partial charge is 0.349 e. The SMILES string of the molecule is C=C1C2=C(CCCC2)C(=O)NC(N2CCC3(CC2)C[C@H](C(=O)CNC(C)=O)c2ccccc23)C1C. The van der Waals surface area contributed by atoms with Gasteiger partial charge in [0.1, 0.15) is 0 Å². The predicted octanol–water partition coefficient (Wildman–Crippen LogP) is 3.73. The number of hydrogen-bond donors (Lipinski definition) is 2. The number of piperidine rings is 1. The van der Waals surface area contributed by atoms with Crippen LogP contribution in [0, 0.1) is 5.92 Å². The van der Waals surface area contributed by atoms with E-state index in [4.69, 9.17) is 0 Å². The van der Waals surface area contributed by atoms with Crippen molar-refractivity contribution in [3.8, 4) is 0 Å². The molecule has 1 aromatic carbocycles. The average molecular weight is 476 g/mol. The highest BCUT2D eigenvalue weighted by Gasteiger charge is 2.48. The summed E-state index contributed by atoms with van der Waals surface area (Å²) >= 11 is 0. The fraction of sp³-hybridized carbons (Fsp3) is 0.552. The zero-order valence-electron chi connectivity index (χ0n) is 21.0. The second kappa shape index (κ2) is 9.38. The summed E-state index contributed by atoms with van der Waals surface area (Å²) in [6.07, 6.45) is 6.68. The van der Waals surface area contributed by atoms with Crippen LogP contribution in [0.4, 0.5) is 0 Å². The maximum atomic E-state index is 13.1. The van der Waals surface area contributed by atoms with Crippen LogP contribution in [0.15, 0.2) is 47.6 Å². The van der Waals surface area contributed by atoms with Gasteiger partial charge in [0, 0.05) is 37.4 Å². The van der Waals surface area contributed by atoms with Gasteiger partial charge in [0.05, 0.1) is 12.7 Å². The molecule has 6 heteroatoms. The molecule has 2 unspecified atom stereocenters. The lowest BCUT2D eigenvalue weighted by molar-refractivity contribution is -0.124. The second-order valence-electron chi connectivity index (χ2n) is 10.9. The van der Waals surface area contributed by atoms with Crippen LogP contribution in [0.1, 0.15) is 75.8 Å². The predicted molar refractivity (Wildman–Crippen MR) is 136 cm³/mol. The summed E-state index contributed by atoms with van der Waals surface area (Å²) in [5.41, 5.74) is 5.66. The first-order valence-corrected chi connectivity index (χ1v) is 13.1. The number of benzene rings is 1. The molecule has 2 amide bonds. The van der Waals surface area contributed by atoms with Gasteiger partial charge < -0.3 is 10.6 Å².